The van der Waals surface area contributed by atoms with Crippen molar-refractivity contribution in [2.45, 2.75) is 50.0 Å². The summed E-state index contributed by atoms with van der Waals surface area (Å²) in [6.07, 6.45) is -1.40. The highest BCUT2D eigenvalue weighted by molar-refractivity contribution is 5.85. The van der Waals surface area contributed by atoms with Gasteiger partial charge in [-0.2, -0.15) is 0 Å². The summed E-state index contributed by atoms with van der Waals surface area (Å²) in [5.41, 5.74) is 3.96. The molecule has 7 atom stereocenters. The minimum Gasteiger partial charge on any atom is -0.479 e. The summed E-state index contributed by atoms with van der Waals surface area (Å²) in [5, 5.41) is 44.3. The summed E-state index contributed by atoms with van der Waals surface area (Å²) in [6.45, 7) is 2.10. The van der Waals surface area contributed by atoms with Crippen LogP contribution in [0.3, 0.4) is 0 Å². The van der Waals surface area contributed by atoms with Crippen LogP contribution < -0.4 is 0 Å². The standard InChI is InChI=1S/C21H26N2O3.C4H6O6/c1-26-21(25)19-15-10-17-20-14(13-4-2-3-5-16(13)22-20)8-9-23(17)11-12(15)6-7-18(19)24;5-1(3(7)8)2(6)4(9)10/h2-5,12,15,17-19,22,24H,6-11H2,1H3;1-2,5-6H,(H,7,8)(H,9,10)/t12-,15-,17-,18-,19-;1-,2-/m01/s1. The number of nitrogens with one attached hydrogen (secondary N) is 1. The fourth-order valence-electron chi connectivity index (χ4n) is 6.07. The van der Waals surface area contributed by atoms with Gasteiger partial charge in [0, 0.05) is 29.7 Å². The first-order valence-electron chi connectivity index (χ1n) is 12.0. The Morgan fingerprint density at radius 3 is 2.39 bits per heavy atom. The van der Waals surface area contributed by atoms with E-state index in [1.807, 2.05) is 0 Å². The van der Waals surface area contributed by atoms with Gasteiger partial charge < -0.3 is 35.3 Å². The van der Waals surface area contributed by atoms with Crippen molar-refractivity contribution in [3.63, 3.8) is 0 Å². The number of carboxylic acids is 2. The van der Waals surface area contributed by atoms with E-state index in [1.165, 1.54) is 29.3 Å². The number of aliphatic hydroxyl groups excluding tert-OH is 3. The molecule has 2 aliphatic heterocycles. The van der Waals surface area contributed by atoms with Crippen LogP contribution in [0.15, 0.2) is 24.3 Å². The minimum atomic E-state index is -2.27. The summed E-state index contributed by atoms with van der Waals surface area (Å²) in [5.74, 6) is -3.48. The number of fused-ring (bicyclic) bond motifs is 6. The Balaban J connectivity index is 0.000000261. The molecule has 1 saturated carbocycles. The molecule has 0 radical (unpaired) electrons. The lowest BCUT2D eigenvalue weighted by Gasteiger charge is -2.50. The van der Waals surface area contributed by atoms with Crippen LogP contribution in [-0.4, -0.2) is 91.8 Å². The zero-order valence-corrected chi connectivity index (χ0v) is 19.9. The average molecular weight is 505 g/mol. The highest BCUT2D eigenvalue weighted by Gasteiger charge is 2.49. The average Bonchev–Trinajstić information content (AvgIpc) is 3.25. The number of ether oxygens (including phenoxy) is 1. The number of para-hydroxylation sites is 1. The molecule has 36 heavy (non-hydrogen) atoms. The van der Waals surface area contributed by atoms with Gasteiger partial charge in [0.15, 0.2) is 12.2 Å². The molecular weight excluding hydrogens is 472 g/mol. The van der Waals surface area contributed by atoms with Crippen LogP contribution in [0.25, 0.3) is 10.9 Å². The molecule has 0 spiro atoms. The van der Waals surface area contributed by atoms with Gasteiger partial charge in [0.2, 0.25) is 0 Å². The number of aliphatic carboxylic acids is 2. The Labute approximate surface area is 207 Å². The molecule has 0 amide bonds. The number of piperidine rings is 1. The normalized spacial score (nSPS) is 28.9. The molecule has 11 nitrogen and oxygen atoms in total. The first-order valence-corrected chi connectivity index (χ1v) is 12.0. The molecule has 11 heteroatoms. The SMILES string of the molecule is COC(=O)[C@H]1[C@H]2C[C@H]3c4[nH]c5ccccc5c4CCN3C[C@@H]2CC[C@@H]1O.O=C(O)[C@H](O)[C@@H](O)C(=O)O. The lowest BCUT2D eigenvalue weighted by atomic mass is 9.65. The third-order valence-corrected chi connectivity index (χ3v) is 7.83. The number of carbonyl (C=O) groups is 3. The van der Waals surface area contributed by atoms with Gasteiger partial charge in [-0.1, -0.05) is 18.2 Å². The fraction of sp³-hybridized carbons (Fsp3) is 0.560. The van der Waals surface area contributed by atoms with Gasteiger partial charge in [0.25, 0.3) is 0 Å². The zero-order valence-electron chi connectivity index (χ0n) is 19.9. The Bertz CT molecular complexity index is 1110. The number of carboxylic acid groups (broad SMARTS) is 2. The topological polar surface area (TPSA) is 181 Å². The highest BCUT2D eigenvalue weighted by Crippen LogP contribution is 2.49. The van der Waals surface area contributed by atoms with Crippen molar-refractivity contribution in [1.29, 1.82) is 0 Å². The van der Waals surface area contributed by atoms with E-state index in [-0.39, 0.29) is 17.8 Å². The molecule has 3 heterocycles. The Hall–Kier alpha value is -2.99. The molecule has 0 unspecified atom stereocenters. The molecule has 3 aliphatic rings. The second-order valence-electron chi connectivity index (χ2n) is 9.74. The largest absolute Gasteiger partial charge is 0.479 e. The molecule has 0 bridgehead atoms. The van der Waals surface area contributed by atoms with Crippen molar-refractivity contribution in [3.05, 3.63) is 35.5 Å². The number of methoxy groups -OCH3 is 1. The number of esters is 1. The second kappa shape index (κ2) is 10.6. The highest BCUT2D eigenvalue weighted by atomic mass is 16.5. The lowest BCUT2D eigenvalue weighted by molar-refractivity contribution is -0.165. The number of nitrogens with zero attached hydrogens (tertiary/aromatic N) is 1. The summed E-state index contributed by atoms with van der Waals surface area (Å²) in [7, 11) is 1.43. The van der Waals surface area contributed by atoms with Crippen molar-refractivity contribution < 1.29 is 44.7 Å². The number of hydrogen-bond donors (Lipinski definition) is 6. The van der Waals surface area contributed by atoms with E-state index in [0.29, 0.717) is 18.4 Å². The number of carbonyl (C=O) groups excluding carboxylic acids is 1. The van der Waals surface area contributed by atoms with Crippen LogP contribution in [0.2, 0.25) is 0 Å². The maximum absolute atomic E-state index is 12.4. The van der Waals surface area contributed by atoms with E-state index >= 15 is 0 Å². The van der Waals surface area contributed by atoms with Crippen LogP contribution in [0.4, 0.5) is 0 Å². The van der Waals surface area contributed by atoms with Gasteiger partial charge in [-0.25, -0.2) is 9.59 Å². The number of rotatable bonds is 4. The first-order chi connectivity index (χ1) is 17.1. The molecule has 196 valence electrons. The van der Waals surface area contributed by atoms with E-state index in [1.54, 1.807) is 0 Å². The number of H-pyrrole nitrogens is 1. The molecule has 6 N–H and O–H groups in total. The second-order valence-corrected chi connectivity index (χ2v) is 9.74. The van der Waals surface area contributed by atoms with E-state index in [2.05, 4.69) is 34.1 Å². The van der Waals surface area contributed by atoms with E-state index < -0.39 is 30.3 Å². The molecule has 2 aromatic rings. The smallest absolute Gasteiger partial charge is 0.335 e. The lowest BCUT2D eigenvalue weighted by Crippen LogP contribution is -2.53. The predicted octanol–water partition coefficient (Wildman–Crippen LogP) is 0.524. The number of hydrogen-bond acceptors (Lipinski definition) is 8. The van der Waals surface area contributed by atoms with Gasteiger partial charge in [0.1, 0.15) is 0 Å². The number of aliphatic hydroxyl groups is 3. The summed E-state index contributed by atoms with van der Waals surface area (Å²) in [4.78, 5) is 38.2. The summed E-state index contributed by atoms with van der Waals surface area (Å²) < 4.78 is 5.04. The van der Waals surface area contributed by atoms with Crippen LogP contribution in [0.1, 0.15) is 36.6 Å². The van der Waals surface area contributed by atoms with Crippen molar-refractivity contribution in [2.75, 3.05) is 20.2 Å². The van der Waals surface area contributed by atoms with Crippen molar-refractivity contribution >= 4 is 28.8 Å². The van der Waals surface area contributed by atoms with Crippen LogP contribution in [0.5, 0.6) is 0 Å². The molecule has 1 aromatic carbocycles. The quantitative estimate of drug-likeness (QED) is 0.321. The van der Waals surface area contributed by atoms with Crippen LogP contribution in [-0.2, 0) is 25.5 Å². The van der Waals surface area contributed by atoms with Gasteiger partial charge in [0.05, 0.1) is 25.2 Å². The Morgan fingerprint density at radius 1 is 1.08 bits per heavy atom. The molecule has 1 aliphatic carbocycles. The fourth-order valence-corrected chi connectivity index (χ4v) is 6.07. The summed E-state index contributed by atoms with van der Waals surface area (Å²) >= 11 is 0. The van der Waals surface area contributed by atoms with Crippen molar-refractivity contribution in [1.82, 2.24) is 9.88 Å². The third-order valence-electron chi connectivity index (χ3n) is 7.83. The maximum atomic E-state index is 12.4. The molecule has 2 fully saturated rings. The van der Waals surface area contributed by atoms with Gasteiger partial charge >= 0.3 is 17.9 Å². The number of aromatic nitrogens is 1. The zero-order chi connectivity index (χ0) is 26.1. The maximum Gasteiger partial charge on any atom is 0.335 e. The van der Waals surface area contributed by atoms with E-state index in [0.717, 1.165) is 32.4 Å². The Morgan fingerprint density at radius 2 is 1.75 bits per heavy atom. The third kappa shape index (κ3) is 4.83. The molecule has 1 aromatic heterocycles. The number of aromatic amines is 1. The molecular formula is C25H32N2O9. The van der Waals surface area contributed by atoms with Crippen LogP contribution in [0, 0.1) is 17.8 Å². The first kappa shape index (κ1) is 26.1. The van der Waals surface area contributed by atoms with Crippen molar-refractivity contribution in [3.8, 4) is 0 Å². The van der Waals surface area contributed by atoms with Gasteiger partial charge in [-0.15, -0.1) is 0 Å². The summed E-state index contributed by atoms with van der Waals surface area (Å²) in [6, 6.07) is 8.83. The van der Waals surface area contributed by atoms with Crippen LogP contribution >= 0.6 is 0 Å². The van der Waals surface area contributed by atoms with Crippen molar-refractivity contribution in [2.24, 2.45) is 17.8 Å². The van der Waals surface area contributed by atoms with Gasteiger partial charge in [-0.3, -0.25) is 9.69 Å². The molecule has 5 rings (SSSR count). The monoisotopic (exact) mass is 504 g/mol. The minimum absolute atomic E-state index is 0.199. The molecule has 1 saturated heterocycles. The number of benzene rings is 1. The Kier molecular flexibility index (Phi) is 7.65. The predicted molar refractivity (Wildman–Crippen MR) is 126 cm³/mol. The van der Waals surface area contributed by atoms with E-state index in [4.69, 9.17) is 25.2 Å². The van der Waals surface area contributed by atoms with E-state index in [9.17, 15) is 19.5 Å². The van der Waals surface area contributed by atoms with Gasteiger partial charge in [-0.05, 0) is 49.1 Å².